The summed E-state index contributed by atoms with van der Waals surface area (Å²) in [6, 6.07) is 16.3. The van der Waals surface area contributed by atoms with E-state index < -0.39 is 5.91 Å². The highest BCUT2D eigenvalue weighted by Gasteiger charge is 2.19. The largest absolute Gasteiger partial charge is 0.493 e. The minimum Gasteiger partial charge on any atom is -0.493 e. The number of benzene rings is 2. The molecule has 0 spiro atoms. The zero-order valence-corrected chi connectivity index (χ0v) is 18.9. The van der Waals surface area contributed by atoms with Crippen molar-refractivity contribution in [3.8, 4) is 22.8 Å². The van der Waals surface area contributed by atoms with E-state index in [0.717, 1.165) is 28.9 Å². The quantitative estimate of drug-likeness (QED) is 0.449. The van der Waals surface area contributed by atoms with E-state index in [9.17, 15) is 4.79 Å². The fourth-order valence-electron chi connectivity index (χ4n) is 4.01. The first-order valence-electron chi connectivity index (χ1n) is 10.8. The lowest BCUT2D eigenvalue weighted by Gasteiger charge is -2.17. The highest BCUT2D eigenvalue weighted by molar-refractivity contribution is 5.95. The molecule has 0 fully saturated rings. The minimum atomic E-state index is -0.425. The Hall–Kier alpha value is -3.21. The number of aromatic nitrogens is 1. The molecular weight excluding hydrogens is 388 g/mol. The standard InChI is InChI=1S/C26H32N2O3/c1-5-6-7-9-19-12-14-20(15-13-19)23-16-22(26(27)29)18(2)28(23)17-21-10-8-11-24(30-3)25(21)31-4/h8,10-16H,5-7,9,17H2,1-4H3,(H2,27,29). The fraction of sp³-hybridized carbons (Fsp3) is 0.346. The lowest BCUT2D eigenvalue weighted by Crippen LogP contribution is -2.13. The third-order valence-electron chi connectivity index (χ3n) is 5.76. The summed E-state index contributed by atoms with van der Waals surface area (Å²) >= 11 is 0. The Balaban J connectivity index is 2.01. The van der Waals surface area contributed by atoms with E-state index in [1.807, 2.05) is 31.2 Å². The number of para-hydroxylation sites is 1. The molecule has 1 heterocycles. The van der Waals surface area contributed by atoms with Crippen LogP contribution in [0.15, 0.2) is 48.5 Å². The second-order valence-corrected chi connectivity index (χ2v) is 7.79. The van der Waals surface area contributed by atoms with Gasteiger partial charge in [0.05, 0.1) is 26.3 Å². The lowest BCUT2D eigenvalue weighted by molar-refractivity contribution is 0.0999. The molecule has 0 aliphatic heterocycles. The second-order valence-electron chi connectivity index (χ2n) is 7.79. The second kappa shape index (κ2) is 10.2. The van der Waals surface area contributed by atoms with Crippen LogP contribution in [0.3, 0.4) is 0 Å². The average molecular weight is 421 g/mol. The van der Waals surface area contributed by atoms with Gasteiger partial charge in [-0.1, -0.05) is 56.2 Å². The molecule has 0 bridgehead atoms. The minimum absolute atomic E-state index is 0.425. The molecular formula is C26H32N2O3. The Labute approximate surface area is 184 Å². The molecule has 1 amide bonds. The number of nitrogens with zero attached hydrogens (tertiary/aromatic N) is 1. The first-order valence-corrected chi connectivity index (χ1v) is 10.8. The molecule has 1 aromatic heterocycles. The molecule has 0 unspecified atom stereocenters. The van der Waals surface area contributed by atoms with Crippen molar-refractivity contribution >= 4 is 5.91 Å². The van der Waals surface area contributed by atoms with E-state index in [-0.39, 0.29) is 0 Å². The number of rotatable bonds is 10. The molecule has 0 saturated carbocycles. The number of ether oxygens (including phenoxy) is 2. The third-order valence-corrected chi connectivity index (χ3v) is 5.76. The van der Waals surface area contributed by atoms with Crippen LogP contribution in [0.2, 0.25) is 0 Å². The van der Waals surface area contributed by atoms with Gasteiger partial charge in [-0.25, -0.2) is 0 Å². The molecule has 5 heteroatoms. The summed E-state index contributed by atoms with van der Waals surface area (Å²) in [5.74, 6) is 0.945. The number of aryl methyl sites for hydroxylation is 1. The molecule has 0 radical (unpaired) electrons. The van der Waals surface area contributed by atoms with E-state index in [1.54, 1.807) is 14.2 Å². The number of carbonyl (C=O) groups is 1. The number of hydrogen-bond donors (Lipinski definition) is 1. The molecule has 31 heavy (non-hydrogen) atoms. The highest BCUT2D eigenvalue weighted by Crippen LogP contribution is 2.34. The highest BCUT2D eigenvalue weighted by atomic mass is 16.5. The van der Waals surface area contributed by atoms with Crippen LogP contribution in [-0.2, 0) is 13.0 Å². The number of amides is 1. The van der Waals surface area contributed by atoms with Gasteiger partial charge in [-0.2, -0.15) is 0 Å². The maximum atomic E-state index is 12.1. The van der Waals surface area contributed by atoms with E-state index in [4.69, 9.17) is 15.2 Å². The van der Waals surface area contributed by atoms with Crippen LogP contribution in [-0.4, -0.2) is 24.7 Å². The van der Waals surface area contributed by atoms with Crippen molar-refractivity contribution in [2.75, 3.05) is 14.2 Å². The predicted octanol–water partition coefficient (Wildman–Crippen LogP) is 5.36. The zero-order valence-electron chi connectivity index (χ0n) is 18.9. The Morgan fingerprint density at radius 1 is 1.03 bits per heavy atom. The van der Waals surface area contributed by atoms with Gasteiger partial charge in [0.2, 0.25) is 0 Å². The molecule has 5 nitrogen and oxygen atoms in total. The van der Waals surface area contributed by atoms with Gasteiger partial charge in [-0.15, -0.1) is 0 Å². The molecule has 3 aromatic rings. The molecule has 0 atom stereocenters. The van der Waals surface area contributed by atoms with Crippen molar-refractivity contribution in [3.63, 3.8) is 0 Å². The molecule has 2 N–H and O–H groups in total. The van der Waals surface area contributed by atoms with Crippen molar-refractivity contribution in [2.24, 2.45) is 5.73 Å². The molecule has 164 valence electrons. The van der Waals surface area contributed by atoms with E-state index in [2.05, 4.69) is 35.8 Å². The summed E-state index contributed by atoms with van der Waals surface area (Å²) in [5.41, 5.74) is 11.3. The first-order chi connectivity index (χ1) is 15.0. The van der Waals surface area contributed by atoms with Gasteiger partial charge in [-0.05, 0) is 43.0 Å². The van der Waals surface area contributed by atoms with Gasteiger partial charge in [0.25, 0.3) is 5.91 Å². The molecule has 0 aliphatic carbocycles. The van der Waals surface area contributed by atoms with Crippen molar-refractivity contribution < 1.29 is 14.3 Å². The van der Waals surface area contributed by atoms with Gasteiger partial charge < -0.3 is 19.8 Å². The predicted molar refractivity (Wildman–Crippen MR) is 125 cm³/mol. The van der Waals surface area contributed by atoms with Gasteiger partial charge in [0, 0.05) is 17.0 Å². The number of methoxy groups -OCH3 is 2. The summed E-state index contributed by atoms with van der Waals surface area (Å²) in [7, 11) is 3.26. The zero-order chi connectivity index (χ0) is 22.4. The van der Waals surface area contributed by atoms with Crippen LogP contribution in [0.5, 0.6) is 11.5 Å². The van der Waals surface area contributed by atoms with Gasteiger partial charge in [0.1, 0.15) is 0 Å². The van der Waals surface area contributed by atoms with Crippen molar-refractivity contribution in [1.82, 2.24) is 4.57 Å². The number of nitrogens with two attached hydrogens (primary N) is 1. The topological polar surface area (TPSA) is 66.5 Å². The van der Waals surface area contributed by atoms with Gasteiger partial charge in [0.15, 0.2) is 11.5 Å². The SMILES string of the molecule is CCCCCc1ccc(-c2cc(C(N)=O)c(C)n2Cc2cccc(OC)c2OC)cc1. The van der Waals surface area contributed by atoms with Crippen LogP contribution in [0.4, 0.5) is 0 Å². The monoisotopic (exact) mass is 420 g/mol. The summed E-state index contributed by atoms with van der Waals surface area (Å²) in [4.78, 5) is 12.1. The first kappa shape index (κ1) is 22.5. The molecule has 2 aromatic carbocycles. The third kappa shape index (κ3) is 4.93. The van der Waals surface area contributed by atoms with Crippen molar-refractivity contribution in [2.45, 2.75) is 46.1 Å². The molecule has 0 aliphatic rings. The van der Waals surface area contributed by atoms with Gasteiger partial charge in [-0.3, -0.25) is 4.79 Å². The normalized spacial score (nSPS) is 10.8. The van der Waals surface area contributed by atoms with Crippen molar-refractivity contribution in [1.29, 1.82) is 0 Å². The van der Waals surface area contributed by atoms with Crippen molar-refractivity contribution in [3.05, 3.63) is 70.9 Å². The van der Waals surface area contributed by atoms with Crippen LogP contribution >= 0.6 is 0 Å². The smallest absolute Gasteiger partial charge is 0.250 e. The number of hydrogen-bond acceptors (Lipinski definition) is 3. The molecule has 0 saturated heterocycles. The van der Waals surface area contributed by atoms with E-state index in [1.165, 1.54) is 24.8 Å². The Morgan fingerprint density at radius 2 is 1.77 bits per heavy atom. The van der Waals surface area contributed by atoms with Gasteiger partial charge >= 0.3 is 0 Å². The summed E-state index contributed by atoms with van der Waals surface area (Å²) < 4.78 is 13.2. The summed E-state index contributed by atoms with van der Waals surface area (Å²) in [6.45, 7) is 4.68. The summed E-state index contributed by atoms with van der Waals surface area (Å²) in [5, 5.41) is 0. The van der Waals surface area contributed by atoms with Crippen LogP contribution in [0, 0.1) is 6.92 Å². The number of unbranched alkanes of at least 4 members (excludes halogenated alkanes) is 2. The summed E-state index contributed by atoms with van der Waals surface area (Å²) in [6.07, 6.45) is 4.75. The van der Waals surface area contributed by atoms with Crippen LogP contribution in [0.1, 0.15) is 53.4 Å². The van der Waals surface area contributed by atoms with E-state index >= 15 is 0 Å². The van der Waals surface area contributed by atoms with Crippen LogP contribution < -0.4 is 15.2 Å². The fourth-order valence-corrected chi connectivity index (χ4v) is 4.01. The Kier molecular flexibility index (Phi) is 7.40. The maximum Gasteiger partial charge on any atom is 0.250 e. The molecule has 3 rings (SSSR count). The Bertz CT molecular complexity index is 1040. The lowest BCUT2D eigenvalue weighted by atomic mass is 10.0. The Morgan fingerprint density at radius 3 is 2.39 bits per heavy atom. The van der Waals surface area contributed by atoms with E-state index in [0.29, 0.717) is 23.6 Å². The maximum absolute atomic E-state index is 12.1. The average Bonchev–Trinajstić information content (AvgIpc) is 3.10. The van der Waals surface area contributed by atoms with Crippen LogP contribution in [0.25, 0.3) is 11.3 Å². The number of carbonyl (C=O) groups excluding carboxylic acids is 1. The number of primary amides is 1.